The Hall–Kier alpha value is -0.420. The zero-order chi connectivity index (χ0) is 10.7. The third-order valence-electron chi connectivity index (χ3n) is 2.82. The molecular formula is C11H18N2OS. The zero-order valence-electron chi connectivity index (χ0n) is 9.06. The summed E-state index contributed by atoms with van der Waals surface area (Å²) in [6.45, 7) is 5.71. The number of thiophene rings is 1. The van der Waals surface area contributed by atoms with E-state index < -0.39 is 0 Å². The van der Waals surface area contributed by atoms with Crippen molar-refractivity contribution in [3.8, 4) is 0 Å². The normalized spacial score (nSPS) is 22.5. The molecule has 2 unspecified atom stereocenters. The second kappa shape index (κ2) is 5.07. The number of morpholine rings is 1. The molecule has 84 valence electrons. The van der Waals surface area contributed by atoms with Crippen molar-refractivity contribution in [1.29, 1.82) is 0 Å². The van der Waals surface area contributed by atoms with Gasteiger partial charge in [-0.2, -0.15) is 11.3 Å². The summed E-state index contributed by atoms with van der Waals surface area (Å²) in [7, 11) is 0. The van der Waals surface area contributed by atoms with Crippen LogP contribution in [0.5, 0.6) is 0 Å². The average Bonchev–Trinajstić information content (AvgIpc) is 2.72. The Bertz CT molecular complexity index is 281. The highest BCUT2D eigenvalue weighted by molar-refractivity contribution is 7.07. The molecule has 0 aromatic carbocycles. The minimum atomic E-state index is 0.165. The molecule has 2 N–H and O–H groups in total. The standard InChI is InChI=1S/C11H18N2OS/c1-9(12)11(10-2-7-15-8-10)13-3-5-14-6-4-13/h2,7-9,11H,3-6,12H2,1H3. The Kier molecular flexibility index (Phi) is 3.75. The maximum Gasteiger partial charge on any atom is 0.0594 e. The van der Waals surface area contributed by atoms with Crippen molar-refractivity contribution in [2.24, 2.45) is 5.73 Å². The van der Waals surface area contributed by atoms with Crippen molar-refractivity contribution >= 4 is 11.3 Å². The van der Waals surface area contributed by atoms with Crippen molar-refractivity contribution in [2.45, 2.75) is 19.0 Å². The molecule has 1 aliphatic rings. The predicted octanol–water partition coefficient (Wildman–Crippen LogP) is 1.47. The summed E-state index contributed by atoms with van der Waals surface area (Å²) >= 11 is 1.74. The van der Waals surface area contributed by atoms with E-state index in [1.54, 1.807) is 11.3 Å². The van der Waals surface area contributed by atoms with Crippen molar-refractivity contribution < 1.29 is 4.74 Å². The fraction of sp³-hybridized carbons (Fsp3) is 0.636. The highest BCUT2D eigenvalue weighted by Crippen LogP contribution is 2.26. The van der Waals surface area contributed by atoms with Crippen LogP contribution in [0.4, 0.5) is 0 Å². The van der Waals surface area contributed by atoms with Gasteiger partial charge >= 0.3 is 0 Å². The summed E-state index contributed by atoms with van der Waals surface area (Å²) < 4.78 is 5.37. The highest BCUT2D eigenvalue weighted by atomic mass is 32.1. The van der Waals surface area contributed by atoms with Gasteiger partial charge < -0.3 is 10.5 Å². The molecule has 15 heavy (non-hydrogen) atoms. The van der Waals surface area contributed by atoms with Gasteiger partial charge in [0.05, 0.1) is 19.3 Å². The van der Waals surface area contributed by atoms with Gasteiger partial charge in [-0.3, -0.25) is 4.90 Å². The van der Waals surface area contributed by atoms with E-state index in [-0.39, 0.29) is 6.04 Å². The number of nitrogens with zero attached hydrogens (tertiary/aromatic N) is 1. The first-order valence-electron chi connectivity index (χ1n) is 5.38. The lowest BCUT2D eigenvalue weighted by molar-refractivity contribution is 0.0117. The van der Waals surface area contributed by atoms with Gasteiger partial charge in [-0.25, -0.2) is 0 Å². The Morgan fingerprint density at radius 2 is 2.20 bits per heavy atom. The zero-order valence-corrected chi connectivity index (χ0v) is 9.87. The molecule has 4 heteroatoms. The topological polar surface area (TPSA) is 38.5 Å². The van der Waals surface area contributed by atoms with Gasteiger partial charge in [0.2, 0.25) is 0 Å². The lowest BCUT2D eigenvalue weighted by Crippen LogP contribution is -2.45. The van der Waals surface area contributed by atoms with Crippen LogP contribution in [0, 0.1) is 0 Å². The van der Waals surface area contributed by atoms with Crippen molar-refractivity contribution in [2.75, 3.05) is 26.3 Å². The first-order valence-corrected chi connectivity index (χ1v) is 6.33. The molecule has 2 heterocycles. The molecule has 2 rings (SSSR count). The Labute approximate surface area is 94.8 Å². The van der Waals surface area contributed by atoms with Crippen LogP contribution < -0.4 is 5.73 Å². The van der Waals surface area contributed by atoms with Crippen LogP contribution in [0.15, 0.2) is 16.8 Å². The fourth-order valence-corrected chi connectivity index (χ4v) is 2.84. The van der Waals surface area contributed by atoms with Crippen molar-refractivity contribution in [3.05, 3.63) is 22.4 Å². The van der Waals surface area contributed by atoms with Gasteiger partial charge in [-0.15, -0.1) is 0 Å². The molecule has 2 atom stereocenters. The Balaban J connectivity index is 2.12. The first-order chi connectivity index (χ1) is 7.29. The van der Waals surface area contributed by atoms with Crippen LogP contribution in [0.1, 0.15) is 18.5 Å². The van der Waals surface area contributed by atoms with Crippen LogP contribution in [0.3, 0.4) is 0 Å². The van der Waals surface area contributed by atoms with Gasteiger partial charge in [0, 0.05) is 19.1 Å². The number of hydrogen-bond donors (Lipinski definition) is 1. The second-order valence-electron chi connectivity index (χ2n) is 4.01. The number of rotatable bonds is 3. The van der Waals surface area contributed by atoms with E-state index in [0.717, 1.165) is 26.3 Å². The molecule has 1 aliphatic heterocycles. The van der Waals surface area contributed by atoms with Crippen LogP contribution in [-0.2, 0) is 4.74 Å². The van der Waals surface area contributed by atoms with Crippen LogP contribution >= 0.6 is 11.3 Å². The largest absolute Gasteiger partial charge is 0.379 e. The van der Waals surface area contributed by atoms with E-state index >= 15 is 0 Å². The monoisotopic (exact) mass is 226 g/mol. The predicted molar refractivity (Wildman–Crippen MR) is 63.1 cm³/mol. The average molecular weight is 226 g/mol. The maximum absolute atomic E-state index is 6.08. The van der Waals surface area contributed by atoms with Gasteiger partial charge in [-0.1, -0.05) is 0 Å². The van der Waals surface area contributed by atoms with Crippen molar-refractivity contribution in [1.82, 2.24) is 4.90 Å². The van der Waals surface area contributed by atoms with E-state index in [2.05, 4.69) is 28.7 Å². The SMILES string of the molecule is CC(N)C(c1ccsc1)N1CCOCC1. The van der Waals surface area contributed by atoms with Crippen LogP contribution in [0.25, 0.3) is 0 Å². The molecule has 3 nitrogen and oxygen atoms in total. The van der Waals surface area contributed by atoms with E-state index in [0.29, 0.717) is 6.04 Å². The number of nitrogens with two attached hydrogens (primary N) is 1. The molecule has 0 bridgehead atoms. The fourth-order valence-electron chi connectivity index (χ4n) is 2.15. The summed E-state index contributed by atoms with van der Waals surface area (Å²) in [5.74, 6) is 0. The Morgan fingerprint density at radius 3 is 2.73 bits per heavy atom. The van der Waals surface area contributed by atoms with Crippen LogP contribution in [-0.4, -0.2) is 37.2 Å². The number of ether oxygens (including phenoxy) is 1. The molecular weight excluding hydrogens is 208 g/mol. The van der Waals surface area contributed by atoms with Gasteiger partial charge in [0.1, 0.15) is 0 Å². The summed E-state index contributed by atoms with van der Waals surface area (Å²) in [4.78, 5) is 2.43. The van der Waals surface area contributed by atoms with E-state index in [9.17, 15) is 0 Å². The molecule has 0 amide bonds. The lowest BCUT2D eigenvalue weighted by atomic mass is 10.0. The molecule has 1 aromatic rings. The summed E-state index contributed by atoms with van der Waals surface area (Å²) in [6, 6.07) is 2.69. The Morgan fingerprint density at radius 1 is 1.47 bits per heavy atom. The third kappa shape index (κ3) is 2.58. The third-order valence-corrected chi connectivity index (χ3v) is 3.52. The molecule has 1 fully saturated rings. The smallest absolute Gasteiger partial charge is 0.0594 e. The first kappa shape index (κ1) is 11.1. The summed E-state index contributed by atoms with van der Waals surface area (Å²) in [6.07, 6.45) is 0. The van der Waals surface area contributed by atoms with Gasteiger partial charge in [0.15, 0.2) is 0 Å². The minimum Gasteiger partial charge on any atom is -0.379 e. The van der Waals surface area contributed by atoms with Crippen LogP contribution in [0.2, 0.25) is 0 Å². The molecule has 1 aromatic heterocycles. The highest BCUT2D eigenvalue weighted by Gasteiger charge is 2.25. The van der Waals surface area contributed by atoms with E-state index in [4.69, 9.17) is 10.5 Å². The summed E-state index contributed by atoms with van der Waals surface area (Å²) in [5, 5.41) is 4.31. The van der Waals surface area contributed by atoms with Crippen molar-refractivity contribution in [3.63, 3.8) is 0 Å². The molecule has 0 aliphatic carbocycles. The van der Waals surface area contributed by atoms with E-state index in [1.165, 1.54) is 5.56 Å². The van der Waals surface area contributed by atoms with Gasteiger partial charge in [0.25, 0.3) is 0 Å². The second-order valence-corrected chi connectivity index (χ2v) is 4.79. The van der Waals surface area contributed by atoms with E-state index in [1.807, 2.05) is 0 Å². The maximum atomic E-state index is 6.08. The summed E-state index contributed by atoms with van der Waals surface area (Å²) in [5.41, 5.74) is 7.43. The minimum absolute atomic E-state index is 0.165. The molecule has 0 spiro atoms. The molecule has 1 saturated heterocycles. The molecule has 0 radical (unpaired) electrons. The number of hydrogen-bond acceptors (Lipinski definition) is 4. The lowest BCUT2D eigenvalue weighted by Gasteiger charge is -2.36. The quantitative estimate of drug-likeness (QED) is 0.848. The van der Waals surface area contributed by atoms with Gasteiger partial charge in [-0.05, 0) is 29.3 Å². The molecule has 0 saturated carbocycles.